The van der Waals surface area contributed by atoms with Gasteiger partial charge in [0.1, 0.15) is 35.1 Å². The van der Waals surface area contributed by atoms with Crippen LogP contribution in [0, 0.1) is 17.5 Å². The fraction of sp³-hybridized carbons (Fsp3) is 0.444. The predicted molar refractivity (Wildman–Crippen MR) is 187 cm³/mol. The third-order valence-electron chi connectivity index (χ3n) is 10.5. The lowest BCUT2D eigenvalue weighted by Crippen LogP contribution is -2.46. The van der Waals surface area contributed by atoms with Gasteiger partial charge in [-0.15, -0.1) is 10.2 Å². The van der Waals surface area contributed by atoms with Crippen LogP contribution in [0.2, 0.25) is 0 Å². The molecule has 2 aliphatic heterocycles. The summed E-state index contributed by atoms with van der Waals surface area (Å²) < 4.78 is 70.2. The van der Waals surface area contributed by atoms with Crippen molar-refractivity contribution in [2.75, 3.05) is 82.4 Å². The van der Waals surface area contributed by atoms with E-state index in [1.807, 2.05) is 21.4 Å². The van der Waals surface area contributed by atoms with Crippen LogP contribution in [0.1, 0.15) is 25.8 Å². The molecule has 51 heavy (non-hydrogen) atoms. The number of piperazine rings is 2. The molecule has 15 heteroatoms. The van der Waals surface area contributed by atoms with Crippen molar-refractivity contribution >= 4 is 33.2 Å². The maximum Gasteiger partial charge on any atom is 0.253 e. The maximum absolute atomic E-state index is 16.1. The van der Waals surface area contributed by atoms with Gasteiger partial charge in [0.05, 0.1) is 28.7 Å². The van der Waals surface area contributed by atoms with E-state index in [-0.39, 0.29) is 57.5 Å². The third-order valence-corrected chi connectivity index (χ3v) is 10.5. The van der Waals surface area contributed by atoms with Gasteiger partial charge in [0.15, 0.2) is 5.82 Å². The number of nitrogens with zero attached hydrogens (tertiary/aromatic N) is 8. The van der Waals surface area contributed by atoms with E-state index in [4.69, 9.17) is 4.42 Å². The van der Waals surface area contributed by atoms with Gasteiger partial charge in [0.2, 0.25) is 10.9 Å². The molecule has 3 fully saturated rings. The molecular formula is C36H38F4N8O3. The van der Waals surface area contributed by atoms with Crippen molar-refractivity contribution in [3.8, 4) is 22.9 Å². The number of rotatable bonds is 8. The molecule has 0 N–H and O–H groups in total. The van der Waals surface area contributed by atoms with Crippen molar-refractivity contribution < 1.29 is 22.0 Å². The van der Waals surface area contributed by atoms with Crippen LogP contribution in [-0.4, -0.2) is 102 Å². The Labute approximate surface area is 290 Å². The molecule has 5 heterocycles. The molecule has 3 aromatic heterocycles. The Kier molecular flexibility index (Phi) is 8.57. The van der Waals surface area contributed by atoms with Crippen molar-refractivity contribution in [2.24, 2.45) is 0 Å². The molecule has 1 saturated carbocycles. The first kappa shape index (κ1) is 33.4. The van der Waals surface area contributed by atoms with E-state index in [1.54, 1.807) is 17.2 Å². The van der Waals surface area contributed by atoms with E-state index >= 15 is 13.2 Å². The molecule has 1 aliphatic carbocycles. The van der Waals surface area contributed by atoms with Crippen molar-refractivity contribution in [1.82, 2.24) is 29.1 Å². The number of hydrogen-bond donors (Lipinski definition) is 0. The first-order valence-corrected chi connectivity index (χ1v) is 17.4. The van der Waals surface area contributed by atoms with E-state index in [0.717, 1.165) is 38.5 Å². The molecule has 11 nitrogen and oxygen atoms in total. The Morgan fingerprint density at radius 1 is 0.804 bits per heavy atom. The summed E-state index contributed by atoms with van der Waals surface area (Å²) in [5.41, 5.74) is -0.936. The lowest BCUT2D eigenvalue weighted by atomic mass is 10.1. The molecule has 0 bridgehead atoms. The molecule has 2 saturated heterocycles. The van der Waals surface area contributed by atoms with Crippen molar-refractivity contribution in [3.63, 3.8) is 0 Å². The first-order valence-electron chi connectivity index (χ1n) is 17.4. The maximum atomic E-state index is 16.1. The van der Waals surface area contributed by atoms with Gasteiger partial charge in [0.25, 0.3) is 11.8 Å². The number of aromatic nitrogens is 4. The fourth-order valence-electron chi connectivity index (χ4n) is 7.37. The summed E-state index contributed by atoms with van der Waals surface area (Å²) in [6.45, 7) is 6.76. The Morgan fingerprint density at radius 2 is 1.43 bits per heavy atom. The second-order valence-corrected chi connectivity index (χ2v) is 13.6. The zero-order chi connectivity index (χ0) is 35.6. The molecule has 0 spiro atoms. The molecular weight excluding hydrogens is 668 g/mol. The van der Waals surface area contributed by atoms with Crippen molar-refractivity contribution in [3.05, 3.63) is 68.5 Å². The minimum Gasteiger partial charge on any atom is -0.416 e. The van der Waals surface area contributed by atoms with Crippen LogP contribution in [0.3, 0.4) is 0 Å². The molecule has 0 unspecified atom stereocenters. The highest BCUT2D eigenvalue weighted by atomic mass is 19.1. The number of pyridine rings is 2. The summed E-state index contributed by atoms with van der Waals surface area (Å²) in [6, 6.07) is 4.06. The average molecular weight is 707 g/mol. The summed E-state index contributed by atoms with van der Waals surface area (Å²) >= 11 is 0. The summed E-state index contributed by atoms with van der Waals surface area (Å²) in [7, 11) is 1.92. The molecule has 3 aliphatic rings. The second kappa shape index (κ2) is 13.1. The minimum absolute atomic E-state index is 0.0237. The molecule has 5 aromatic rings. The lowest BCUT2D eigenvalue weighted by Gasteiger charge is -2.35. The summed E-state index contributed by atoms with van der Waals surface area (Å²) in [5.74, 6) is -2.87. The number of anilines is 2. The second-order valence-electron chi connectivity index (χ2n) is 13.6. The van der Waals surface area contributed by atoms with Crippen LogP contribution >= 0.6 is 0 Å². The topological polar surface area (TPSA) is 95.9 Å². The standard InChI is InChI=1S/C36H38F4N8O3/c1-3-44-10-14-45(15-11-44)29-18-28-22(16-26(29)38)33(49)25(20-48(28)21-4-5-21)36-42-41-35(51-36)24-19-47(7-6-37)31-23(34(24)50)17-27(39)32(30(31)40)46-12-8-43(2)9-13-46/h16-21H,3-15H2,1-2H3. The third kappa shape index (κ3) is 5.85. The zero-order valence-corrected chi connectivity index (χ0v) is 28.5. The van der Waals surface area contributed by atoms with Crippen LogP contribution in [-0.2, 0) is 6.54 Å². The summed E-state index contributed by atoms with van der Waals surface area (Å²) in [6.07, 6.45) is 4.60. The number of alkyl halides is 1. The Morgan fingerprint density at radius 3 is 2.08 bits per heavy atom. The van der Waals surface area contributed by atoms with Gasteiger partial charge in [-0.25, -0.2) is 17.6 Å². The van der Waals surface area contributed by atoms with Gasteiger partial charge in [-0.2, -0.15) is 0 Å². The van der Waals surface area contributed by atoms with Gasteiger partial charge in [-0.3, -0.25) is 9.59 Å². The number of fused-ring (bicyclic) bond motifs is 2. The lowest BCUT2D eigenvalue weighted by molar-refractivity contribution is 0.270. The van der Waals surface area contributed by atoms with Crippen LogP contribution in [0.5, 0.6) is 0 Å². The van der Waals surface area contributed by atoms with Crippen LogP contribution in [0.15, 0.2) is 44.6 Å². The Balaban J connectivity index is 1.20. The highest BCUT2D eigenvalue weighted by Crippen LogP contribution is 2.39. The SMILES string of the molecule is CCN1CCN(c2cc3c(cc2F)c(=O)c(-c2nnc(-c4cn(CCF)c5c(F)c(N6CCN(C)CC6)c(F)cc5c4=O)o2)cn3C2CC2)CC1. The van der Waals surface area contributed by atoms with Crippen molar-refractivity contribution in [1.29, 1.82) is 0 Å². The Hall–Kier alpha value is -4.76. The van der Waals surface area contributed by atoms with Gasteiger partial charge < -0.3 is 33.2 Å². The first-order chi connectivity index (χ1) is 24.7. The Bertz CT molecular complexity index is 2270. The number of likely N-dealkylation sites (N-methyl/N-ethyl adjacent to an activating group) is 2. The minimum atomic E-state index is -0.951. The van der Waals surface area contributed by atoms with Gasteiger partial charge in [-0.05, 0) is 44.6 Å². The van der Waals surface area contributed by atoms with Crippen molar-refractivity contribution in [2.45, 2.75) is 32.4 Å². The zero-order valence-electron chi connectivity index (χ0n) is 28.5. The summed E-state index contributed by atoms with van der Waals surface area (Å²) in [5, 5.41) is 7.96. The van der Waals surface area contributed by atoms with Crippen LogP contribution < -0.4 is 20.7 Å². The van der Waals surface area contributed by atoms with E-state index in [9.17, 15) is 14.0 Å². The van der Waals surface area contributed by atoms with E-state index < -0.39 is 35.0 Å². The van der Waals surface area contributed by atoms with Gasteiger partial charge in [-0.1, -0.05) is 6.92 Å². The molecule has 0 amide bonds. The van der Waals surface area contributed by atoms with E-state index in [2.05, 4.69) is 22.0 Å². The summed E-state index contributed by atoms with van der Waals surface area (Å²) in [4.78, 5) is 35.6. The van der Waals surface area contributed by atoms with Gasteiger partial charge >= 0.3 is 0 Å². The molecule has 268 valence electrons. The molecule has 0 atom stereocenters. The van der Waals surface area contributed by atoms with Crippen LogP contribution in [0.25, 0.3) is 44.7 Å². The highest BCUT2D eigenvalue weighted by Gasteiger charge is 2.30. The van der Waals surface area contributed by atoms with E-state index in [1.165, 1.54) is 16.8 Å². The highest BCUT2D eigenvalue weighted by molar-refractivity contribution is 5.88. The largest absolute Gasteiger partial charge is 0.416 e. The van der Waals surface area contributed by atoms with Crippen LogP contribution in [0.4, 0.5) is 28.9 Å². The predicted octanol–water partition coefficient (Wildman–Crippen LogP) is 4.65. The fourth-order valence-corrected chi connectivity index (χ4v) is 7.37. The molecule has 8 rings (SSSR count). The number of aryl methyl sites for hydroxylation is 1. The number of hydrogen-bond acceptors (Lipinski definition) is 9. The normalized spacial score (nSPS) is 17.7. The molecule has 2 aromatic carbocycles. The quantitative estimate of drug-likeness (QED) is 0.214. The molecule has 0 radical (unpaired) electrons. The smallest absolute Gasteiger partial charge is 0.253 e. The van der Waals surface area contributed by atoms with E-state index in [0.29, 0.717) is 50.5 Å². The number of benzene rings is 2. The monoisotopic (exact) mass is 706 g/mol. The average Bonchev–Trinajstić information content (AvgIpc) is 3.86. The van der Waals surface area contributed by atoms with Gasteiger partial charge in [0, 0.05) is 76.2 Å². The number of halogens is 4.